The number of nitrogens with zero attached hydrogens (tertiary/aromatic N) is 4. The first-order valence-electron chi connectivity index (χ1n) is 7.00. The molecule has 0 aliphatic carbocycles. The van der Waals surface area contributed by atoms with Crippen LogP contribution in [0.15, 0.2) is 18.3 Å². The van der Waals surface area contributed by atoms with Gasteiger partial charge in [0.2, 0.25) is 0 Å². The van der Waals surface area contributed by atoms with E-state index in [-0.39, 0.29) is 0 Å². The van der Waals surface area contributed by atoms with E-state index in [1.165, 1.54) is 18.5 Å². The Hall–Kier alpha value is -1.46. The first kappa shape index (κ1) is 12.6. The van der Waals surface area contributed by atoms with E-state index >= 15 is 0 Å². The van der Waals surface area contributed by atoms with Gasteiger partial charge in [-0.2, -0.15) is 5.10 Å². The van der Waals surface area contributed by atoms with Gasteiger partial charge in [-0.1, -0.05) is 0 Å². The normalized spacial score (nSPS) is 18.2. The quantitative estimate of drug-likeness (QED) is 0.894. The van der Waals surface area contributed by atoms with E-state index in [1.807, 2.05) is 10.7 Å². The average molecular weight is 259 g/mol. The predicted molar refractivity (Wildman–Crippen MR) is 75.2 cm³/mol. The van der Waals surface area contributed by atoms with E-state index < -0.39 is 0 Å². The van der Waals surface area contributed by atoms with Crippen LogP contribution in [-0.2, 0) is 6.42 Å². The lowest BCUT2D eigenvalue weighted by Gasteiger charge is -2.28. The van der Waals surface area contributed by atoms with Crippen LogP contribution in [0.25, 0.3) is 5.65 Å². The van der Waals surface area contributed by atoms with Crippen LogP contribution in [0.3, 0.4) is 0 Å². The minimum Gasteiger partial charge on any atom is -0.330 e. The number of hydrogen-bond acceptors (Lipinski definition) is 4. The second kappa shape index (κ2) is 5.27. The fourth-order valence-electron chi connectivity index (χ4n) is 2.78. The highest BCUT2D eigenvalue weighted by Gasteiger charge is 2.20. The fourth-order valence-corrected chi connectivity index (χ4v) is 2.78. The molecular formula is C14H21N5. The van der Waals surface area contributed by atoms with E-state index in [4.69, 9.17) is 10.8 Å². The summed E-state index contributed by atoms with van der Waals surface area (Å²) in [5.41, 5.74) is 8.84. The summed E-state index contributed by atoms with van der Waals surface area (Å²) in [5.74, 6) is 0.578. The van der Waals surface area contributed by atoms with Crippen LogP contribution in [0.1, 0.15) is 30.1 Å². The molecule has 1 aliphatic heterocycles. The number of likely N-dealkylation sites (tertiary alicyclic amines) is 1. The third-order valence-corrected chi connectivity index (χ3v) is 3.99. The van der Waals surface area contributed by atoms with Crippen molar-refractivity contribution in [2.24, 2.45) is 5.73 Å². The number of piperidine rings is 1. The number of hydrogen-bond donors (Lipinski definition) is 1. The molecule has 0 saturated carbocycles. The molecule has 3 rings (SSSR count). The minimum atomic E-state index is 0.578. The number of imidazole rings is 1. The van der Waals surface area contributed by atoms with E-state index in [0.29, 0.717) is 12.5 Å². The SMILES string of the molecule is CN1CCC(c2ccc3ncc(CCN)n3n2)CC1. The molecule has 1 saturated heterocycles. The Labute approximate surface area is 113 Å². The molecule has 2 aromatic rings. The molecule has 0 unspecified atom stereocenters. The lowest BCUT2D eigenvalue weighted by Crippen LogP contribution is -2.29. The molecule has 0 bridgehead atoms. The van der Waals surface area contributed by atoms with Gasteiger partial charge in [-0.25, -0.2) is 9.50 Å². The van der Waals surface area contributed by atoms with Crippen LogP contribution in [0.4, 0.5) is 0 Å². The summed E-state index contributed by atoms with van der Waals surface area (Å²) in [4.78, 5) is 6.75. The molecule has 0 amide bonds. The standard InChI is InChI=1S/C14H21N5/c1-18-8-5-11(6-9-18)13-2-3-14-16-10-12(4-7-15)19(14)17-13/h2-3,10-11H,4-9,15H2,1H3. The summed E-state index contributed by atoms with van der Waals surface area (Å²) < 4.78 is 1.96. The Morgan fingerprint density at radius 3 is 2.84 bits per heavy atom. The van der Waals surface area contributed by atoms with Gasteiger partial charge in [-0.05, 0) is 51.7 Å². The van der Waals surface area contributed by atoms with Crippen molar-refractivity contribution >= 4 is 5.65 Å². The zero-order valence-electron chi connectivity index (χ0n) is 11.4. The molecule has 19 heavy (non-hydrogen) atoms. The molecule has 0 aromatic carbocycles. The Balaban J connectivity index is 1.89. The second-order valence-corrected chi connectivity index (χ2v) is 5.39. The molecule has 5 heteroatoms. The number of aromatic nitrogens is 3. The topological polar surface area (TPSA) is 59.5 Å². The van der Waals surface area contributed by atoms with E-state index in [1.54, 1.807) is 0 Å². The van der Waals surface area contributed by atoms with E-state index in [0.717, 1.165) is 30.9 Å². The lowest BCUT2D eigenvalue weighted by atomic mass is 9.94. The van der Waals surface area contributed by atoms with Crippen molar-refractivity contribution in [3.8, 4) is 0 Å². The third kappa shape index (κ3) is 2.48. The van der Waals surface area contributed by atoms with Gasteiger partial charge in [0.05, 0.1) is 17.6 Å². The molecule has 0 radical (unpaired) electrons. The molecule has 3 heterocycles. The monoisotopic (exact) mass is 259 g/mol. The van der Waals surface area contributed by atoms with Gasteiger partial charge in [-0.15, -0.1) is 0 Å². The Bertz CT molecular complexity index is 554. The summed E-state index contributed by atoms with van der Waals surface area (Å²) in [6.07, 6.45) is 5.09. The average Bonchev–Trinajstić information content (AvgIpc) is 2.83. The minimum absolute atomic E-state index is 0.578. The molecule has 1 aliphatic rings. The molecule has 5 nitrogen and oxygen atoms in total. The van der Waals surface area contributed by atoms with Crippen molar-refractivity contribution in [1.82, 2.24) is 19.5 Å². The van der Waals surface area contributed by atoms with Crippen LogP contribution in [-0.4, -0.2) is 46.2 Å². The number of fused-ring (bicyclic) bond motifs is 1. The van der Waals surface area contributed by atoms with Gasteiger partial charge < -0.3 is 10.6 Å². The number of nitrogens with two attached hydrogens (primary N) is 1. The van der Waals surface area contributed by atoms with Crippen LogP contribution in [0.2, 0.25) is 0 Å². The van der Waals surface area contributed by atoms with Crippen molar-refractivity contribution in [3.05, 3.63) is 29.7 Å². The van der Waals surface area contributed by atoms with Crippen LogP contribution in [0, 0.1) is 0 Å². The molecule has 102 valence electrons. The highest BCUT2D eigenvalue weighted by Crippen LogP contribution is 2.26. The van der Waals surface area contributed by atoms with Crippen molar-refractivity contribution in [2.75, 3.05) is 26.7 Å². The summed E-state index contributed by atoms with van der Waals surface area (Å²) in [5, 5.41) is 4.78. The van der Waals surface area contributed by atoms with Gasteiger partial charge in [-0.3, -0.25) is 0 Å². The molecule has 2 aromatic heterocycles. The van der Waals surface area contributed by atoms with Crippen molar-refractivity contribution < 1.29 is 0 Å². The molecule has 2 N–H and O–H groups in total. The Kier molecular flexibility index (Phi) is 3.48. The smallest absolute Gasteiger partial charge is 0.153 e. The molecule has 1 fully saturated rings. The van der Waals surface area contributed by atoms with Crippen LogP contribution in [0.5, 0.6) is 0 Å². The molecule has 0 spiro atoms. The lowest BCUT2D eigenvalue weighted by molar-refractivity contribution is 0.252. The van der Waals surface area contributed by atoms with Crippen molar-refractivity contribution in [1.29, 1.82) is 0 Å². The maximum atomic E-state index is 5.63. The van der Waals surface area contributed by atoms with Gasteiger partial charge in [0, 0.05) is 12.3 Å². The molecular weight excluding hydrogens is 238 g/mol. The summed E-state index contributed by atoms with van der Waals surface area (Å²) in [7, 11) is 2.18. The van der Waals surface area contributed by atoms with Crippen LogP contribution >= 0.6 is 0 Å². The summed E-state index contributed by atoms with van der Waals surface area (Å²) in [6.45, 7) is 2.95. The third-order valence-electron chi connectivity index (χ3n) is 3.99. The predicted octanol–water partition coefficient (Wildman–Crippen LogP) is 1.04. The maximum Gasteiger partial charge on any atom is 0.153 e. The van der Waals surface area contributed by atoms with Gasteiger partial charge in [0.15, 0.2) is 5.65 Å². The Morgan fingerprint density at radius 2 is 2.11 bits per heavy atom. The second-order valence-electron chi connectivity index (χ2n) is 5.39. The Morgan fingerprint density at radius 1 is 1.32 bits per heavy atom. The highest BCUT2D eigenvalue weighted by molar-refractivity contribution is 5.39. The zero-order chi connectivity index (χ0) is 13.2. The molecule has 0 atom stereocenters. The summed E-state index contributed by atoms with van der Waals surface area (Å²) >= 11 is 0. The van der Waals surface area contributed by atoms with Gasteiger partial charge >= 0.3 is 0 Å². The van der Waals surface area contributed by atoms with Crippen molar-refractivity contribution in [3.63, 3.8) is 0 Å². The first-order valence-corrected chi connectivity index (χ1v) is 7.00. The van der Waals surface area contributed by atoms with E-state index in [2.05, 4.69) is 29.1 Å². The van der Waals surface area contributed by atoms with E-state index in [9.17, 15) is 0 Å². The highest BCUT2D eigenvalue weighted by atomic mass is 15.3. The van der Waals surface area contributed by atoms with Crippen molar-refractivity contribution in [2.45, 2.75) is 25.2 Å². The largest absolute Gasteiger partial charge is 0.330 e. The van der Waals surface area contributed by atoms with Crippen LogP contribution < -0.4 is 5.73 Å². The zero-order valence-corrected chi connectivity index (χ0v) is 11.4. The first-order chi connectivity index (χ1) is 9.28. The fraction of sp³-hybridized carbons (Fsp3) is 0.571. The number of rotatable bonds is 3. The van der Waals surface area contributed by atoms with Gasteiger partial charge in [0.25, 0.3) is 0 Å². The van der Waals surface area contributed by atoms with Gasteiger partial charge in [0.1, 0.15) is 0 Å². The maximum absolute atomic E-state index is 5.63. The summed E-state index contributed by atoms with van der Waals surface area (Å²) in [6, 6.07) is 4.20.